The Kier molecular flexibility index (Phi) is 4.93. The first kappa shape index (κ1) is 20.0. The van der Waals surface area contributed by atoms with E-state index < -0.39 is 0 Å². The lowest BCUT2D eigenvalue weighted by Gasteiger charge is -2.16. The van der Waals surface area contributed by atoms with Gasteiger partial charge in [-0.2, -0.15) is 0 Å². The van der Waals surface area contributed by atoms with Gasteiger partial charge in [0.05, 0.1) is 5.69 Å². The number of benzene rings is 3. The van der Waals surface area contributed by atoms with E-state index in [1.807, 2.05) is 0 Å². The lowest BCUT2D eigenvalue weighted by Crippen LogP contribution is -2.01. The largest absolute Gasteiger partial charge is 0.252 e. The normalized spacial score (nSPS) is 12.6. The molecule has 0 aliphatic heterocycles. The quantitative estimate of drug-likeness (QED) is 0.294. The van der Waals surface area contributed by atoms with E-state index in [4.69, 9.17) is 4.98 Å². The van der Waals surface area contributed by atoms with Gasteiger partial charge in [0.1, 0.15) is 0 Å². The monoisotopic (exact) mass is 405 g/mol. The first-order valence-corrected chi connectivity index (χ1v) is 11.6. The van der Waals surface area contributed by atoms with Gasteiger partial charge in [-0.15, -0.1) is 0 Å². The molecule has 1 aromatic heterocycles. The van der Waals surface area contributed by atoms with E-state index in [-0.39, 0.29) is 0 Å². The first-order valence-electron chi connectivity index (χ1n) is 11.6. The number of pyridine rings is 1. The predicted molar refractivity (Wildman–Crippen MR) is 133 cm³/mol. The fourth-order valence-corrected chi connectivity index (χ4v) is 4.99. The Bertz CT molecular complexity index is 1290. The molecule has 1 aliphatic rings. The Morgan fingerprint density at radius 3 is 2.39 bits per heavy atom. The molecule has 156 valence electrons. The van der Waals surface area contributed by atoms with E-state index in [1.165, 1.54) is 55.4 Å². The van der Waals surface area contributed by atoms with E-state index in [0.29, 0.717) is 11.8 Å². The Balaban J connectivity index is 1.80. The van der Waals surface area contributed by atoms with Gasteiger partial charge in [-0.05, 0) is 88.6 Å². The highest BCUT2D eigenvalue weighted by molar-refractivity contribution is 5.98. The van der Waals surface area contributed by atoms with E-state index >= 15 is 0 Å². The molecule has 31 heavy (non-hydrogen) atoms. The first-order chi connectivity index (χ1) is 14.9. The van der Waals surface area contributed by atoms with Gasteiger partial charge in [0.2, 0.25) is 0 Å². The molecule has 0 unspecified atom stereocenters. The van der Waals surface area contributed by atoms with Gasteiger partial charge in [0, 0.05) is 16.6 Å². The van der Waals surface area contributed by atoms with Gasteiger partial charge < -0.3 is 0 Å². The highest BCUT2D eigenvalue weighted by Gasteiger charge is 2.24. The number of hydrogen-bond acceptors (Lipinski definition) is 1. The van der Waals surface area contributed by atoms with Crippen LogP contribution >= 0.6 is 0 Å². The minimum atomic E-state index is 0.500. The maximum Gasteiger partial charge on any atom is 0.0786 e. The van der Waals surface area contributed by atoms with Crippen LogP contribution in [0.25, 0.3) is 33.2 Å². The van der Waals surface area contributed by atoms with Crippen molar-refractivity contribution in [2.24, 2.45) is 5.92 Å². The summed E-state index contributed by atoms with van der Waals surface area (Å²) in [6, 6.07) is 22.8. The summed E-state index contributed by atoms with van der Waals surface area (Å²) < 4.78 is 0. The van der Waals surface area contributed by atoms with E-state index in [0.717, 1.165) is 18.5 Å². The van der Waals surface area contributed by atoms with Crippen LogP contribution in [0.5, 0.6) is 0 Å². The van der Waals surface area contributed by atoms with Crippen molar-refractivity contribution < 1.29 is 0 Å². The van der Waals surface area contributed by atoms with Gasteiger partial charge in [-0.1, -0.05) is 70.2 Å². The molecule has 0 radical (unpaired) electrons. The van der Waals surface area contributed by atoms with Crippen LogP contribution in [0.2, 0.25) is 0 Å². The number of fused-ring (bicyclic) bond motifs is 4. The molecule has 0 saturated heterocycles. The minimum absolute atomic E-state index is 0.500. The molecule has 1 heteroatoms. The summed E-state index contributed by atoms with van der Waals surface area (Å²) in [5, 5.41) is 2.58. The molecule has 4 aromatic rings. The number of nitrogens with zero attached hydrogens (tertiary/aromatic N) is 1. The Morgan fingerprint density at radius 2 is 1.61 bits per heavy atom. The van der Waals surface area contributed by atoms with Gasteiger partial charge >= 0.3 is 0 Å². The zero-order chi connectivity index (χ0) is 21.7. The summed E-state index contributed by atoms with van der Waals surface area (Å²) in [5.74, 6) is 1.08. The van der Waals surface area contributed by atoms with E-state index in [1.54, 1.807) is 0 Å². The molecule has 1 heterocycles. The smallest absolute Gasteiger partial charge is 0.0786 e. The zero-order valence-electron chi connectivity index (χ0n) is 19.3. The maximum atomic E-state index is 5.29. The van der Waals surface area contributed by atoms with Gasteiger partial charge in [-0.25, -0.2) is 0 Å². The van der Waals surface area contributed by atoms with Crippen molar-refractivity contribution in [2.75, 3.05) is 0 Å². The number of aryl methyl sites for hydroxylation is 1. The molecule has 0 N–H and O–H groups in total. The standard InChI is InChI=1S/C30H31N/c1-18(2)12-24-15-23-11-10-21(19(3)4)16-26(23)30(31-24)29-14-20(5)13-27-25-9-7-6-8-22(25)17-28(27)29/h6-11,13-16,18-19H,12,17H2,1-5H3. The summed E-state index contributed by atoms with van der Waals surface area (Å²) >= 11 is 0. The van der Waals surface area contributed by atoms with Crippen LogP contribution in [0.4, 0.5) is 0 Å². The average molecular weight is 406 g/mol. The van der Waals surface area contributed by atoms with Crippen molar-refractivity contribution in [1.29, 1.82) is 0 Å². The fraction of sp³-hybridized carbons (Fsp3) is 0.300. The van der Waals surface area contributed by atoms with E-state index in [2.05, 4.69) is 95.3 Å². The zero-order valence-corrected chi connectivity index (χ0v) is 19.3. The van der Waals surface area contributed by atoms with Crippen molar-refractivity contribution in [2.45, 2.75) is 53.4 Å². The van der Waals surface area contributed by atoms with Crippen molar-refractivity contribution in [3.8, 4) is 22.4 Å². The molecule has 1 aliphatic carbocycles. The van der Waals surface area contributed by atoms with Gasteiger partial charge in [0.15, 0.2) is 0 Å². The molecule has 1 nitrogen and oxygen atoms in total. The molecule has 0 fully saturated rings. The molecular formula is C30H31N. The van der Waals surface area contributed by atoms with Crippen molar-refractivity contribution >= 4 is 10.8 Å². The fourth-order valence-electron chi connectivity index (χ4n) is 4.99. The van der Waals surface area contributed by atoms with Crippen LogP contribution in [0.3, 0.4) is 0 Å². The number of rotatable bonds is 4. The summed E-state index contributed by atoms with van der Waals surface area (Å²) in [7, 11) is 0. The third-order valence-electron chi connectivity index (χ3n) is 6.52. The predicted octanol–water partition coefficient (Wildman–Crippen LogP) is 8.10. The molecule has 0 bridgehead atoms. The summed E-state index contributed by atoms with van der Waals surface area (Å²) in [6.45, 7) is 11.3. The Hall–Kier alpha value is -2.93. The highest BCUT2D eigenvalue weighted by Crippen LogP contribution is 2.43. The van der Waals surface area contributed by atoms with Crippen LogP contribution in [0, 0.1) is 12.8 Å². The van der Waals surface area contributed by atoms with Crippen molar-refractivity contribution in [1.82, 2.24) is 4.98 Å². The topological polar surface area (TPSA) is 12.9 Å². The lowest BCUT2D eigenvalue weighted by molar-refractivity contribution is 0.636. The molecular weight excluding hydrogens is 374 g/mol. The van der Waals surface area contributed by atoms with Crippen molar-refractivity contribution in [3.05, 3.63) is 88.6 Å². The molecule has 0 amide bonds. The summed E-state index contributed by atoms with van der Waals surface area (Å²) in [6.07, 6.45) is 1.99. The van der Waals surface area contributed by atoms with E-state index in [9.17, 15) is 0 Å². The Labute approximate surface area is 186 Å². The van der Waals surface area contributed by atoms with Crippen LogP contribution in [0.1, 0.15) is 61.6 Å². The Morgan fingerprint density at radius 1 is 0.839 bits per heavy atom. The van der Waals surface area contributed by atoms with Gasteiger partial charge in [-0.3, -0.25) is 4.98 Å². The number of hydrogen-bond donors (Lipinski definition) is 0. The second-order valence-electron chi connectivity index (χ2n) is 9.87. The second kappa shape index (κ2) is 7.64. The second-order valence-corrected chi connectivity index (χ2v) is 9.87. The highest BCUT2D eigenvalue weighted by atomic mass is 14.7. The third kappa shape index (κ3) is 3.57. The van der Waals surface area contributed by atoms with Crippen LogP contribution < -0.4 is 0 Å². The molecule has 0 atom stereocenters. The van der Waals surface area contributed by atoms with Crippen molar-refractivity contribution in [3.63, 3.8) is 0 Å². The third-order valence-corrected chi connectivity index (χ3v) is 6.52. The molecule has 0 spiro atoms. The van der Waals surface area contributed by atoms with Crippen LogP contribution in [-0.2, 0) is 12.8 Å². The maximum absolute atomic E-state index is 5.29. The summed E-state index contributed by atoms with van der Waals surface area (Å²) in [5.41, 5.74) is 12.0. The molecule has 5 rings (SSSR count). The SMILES string of the molecule is Cc1cc2c(c(-c3nc(CC(C)C)cc4ccc(C(C)C)cc34)c1)Cc1ccccc1-2. The molecule has 0 saturated carbocycles. The van der Waals surface area contributed by atoms with Crippen LogP contribution in [0.15, 0.2) is 60.7 Å². The lowest BCUT2D eigenvalue weighted by atomic mass is 9.91. The average Bonchev–Trinajstić information content (AvgIpc) is 3.10. The van der Waals surface area contributed by atoms with Crippen LogP contribution in [-0.4, -0.2) is 4.98 Å². The number of aromatic nitrogens is 1. The minimum Gasteiger partial charge on any atom is -0.252 e. The van der Waals surface area contributed by atoms with Gasteiger partial charge in [0.25, 0.3) is 0 Å². The summed E-state index contributed by atoms with van der Waals surface area (Å²) in [4.78, 5) is 5.29. The molecule has 3 aromatic carbocycles.